The van der Waals surface area contributed by atoms with Crippen LogP contribution in [-0.2, 0) is 38.0 Å². The molecule has 0 heterocycles. The molecule has 4 aliphatic carbocycles. The maximum absolute atomic E-state index is 12.6. The van der Waals surface area contributed by atoms with Gasteiger partial charge in [0.15, 0.2) is 0 Å². The third kappa shape index (κ3) is 8.96. The number of rotatable bonds is 19. The molecule has 4 saturated carbocycles. The Morgan fingerprint density at radius 2 is 1.39 bits per heavy atom. The molecule has 4 fully saturated rings. The molecule has 0 bridgehead atoms. The number of carboxylic acid groups (broad SMARTS) is 1. The fourth-order valence-corrected chi connectivity index (χ4v) is 10.0. The summed E-state index contributed by atoms with van der Waals surface area (Å²) in [6.45, 7) is 11.3. The van der Waals surface area contributed by atoms with Gasteiger partial charge in [0, 0.05) is 13.5 Å². The number of hydrogen-bond acceptors (Lipinski definition) is 8. The Morgan fingerprint density at radius 3 is 2.05 bits per heavy atom. The fraction of sp³-hybridized carbons (Fsp3) is 0.943. The van der Waals surface area contributed by atoms with Crippen LogP contribution in [0.3, 0.4) is 0 Å². The lowest BCUT2D eigenvalue weighted by Gasteiger charge is -2.61. The molecule has 0 aromatic carbocycles. The average molecular weight is 625 g/mol. The summed E-state index contributed by atoms with van der Waals surface area (Å²) in [5.41, 5.74) is 0.683. The van der Waals surface area contributed by atoms with Gasteiger partial charge < -0.3 is 33.5 Å². The van der Waals surface area contributed by atoms with Crippen molar-refractivity contribution in [1.29, 1.82) is 0 Å². The van der Waals surface area contributed by atoms with E-state index >= 15 is 0 Å². The Balaban J connectivity index is 1.12. The van der Waals surface area contributed by atoms with Gasteiger partial charge in [-0.05, 0) is 111 Å². The van der Waals surface area contributed by atoms with Crippen LogP contribution in [0, 0.1) is 46.3 Å². The van der Waals surface area contributed by atoms with Gasteiger partial charge in [-0.1, -0.05) is 20.8 Å². The Morgan fingerprint density at radius 1 is 0.773 bits per heavy atom. The third-order valence-corrected chi connectivity index (χ3v) is 12.3. The van der Waals surface area contributed by atoms with E-state index in [0.29, 0.717) is 87.9 Å². The van der Waals surface area contributed by atoms with E-state index in [1.807, 2.05) is 0 Å². The second-order valence-electron chi connectivity index (χ2n) is 14.6. The molecule has 9 nitrogen and oxygen atoms in total. The number of aliphatic carboxylic acids is 1. The fourth-order valence-electron chi connectivity index (χ4n) is 10.0. The van der Waals surface area contributed by atoms with E-state index < -0.39 is 5.97 Å². The van der Waals surface area contributed by atoms with E-state index in [-0.39, 0.29) is 18.7 Å². The molecule has 0 aromatic rings. The van der Waals surface area contributed by atoms with Gasteiger partial charge in [-0.3, -0.25) is 4.79 Å². The monoisotopic (exact) mass is 624 g/mol. The standard InChI is InChI=1S/C35H60O9/c1-25(5-10-32(36)37)29-8-9-30-28-7-6-26-23-27(11-13-34(26,2)31(28)12-14-35(29,30)3)44-33(38)24-43-22-21-42-20-19-41-18-17-40-16-15-39-4/h25-31H,5-24H2,1-4H3,(H,36,37)/t25-,26-,27+,28+,29?,30?,31?,34+,35-/m1/s1. The molecule has 9 heteroatoms. The highest BCUT2D eigenvalue weighted by Gasteiger charge is 2.60. The molecule has 254 valence electrons. The number of fused-ring (bicyclic) bond motifs is 5. The molecule has 0 saturated heterocycles. The molecule has 1 N–H and O–H groups in total. The molecular weight excluding hydrogens is 564 g/mol. The normalized spacial score (nSPS) is 35.4. The summed E-state index contributed by atoms with van der Waals surface area (Å²) in [5.74, 6) is 3.11. The lowest BCUT2D eigenvalue weighted by Crippen LogP contribution is -2.54. The Labute approximate surface area is 265 Å². The van der Waals surface area contributed by atoms with Crippen LogP contribution in [0.1, 0.15) is 91.4 Å². The summed E-state index contributed by atoms with van der Waals surface area (Å²) in [7, 11) is 1.65. The van der Waals surface area contributed by atoms with E-state index in [1.54, 1.807) is 7.11 Å². The zero-order chi connectivity index (χ0) is 31.6. The number of carboxylic acids is 1. The molecule has 4 rings (SSSR count). The van der Waals surface area contributed by atoms with Crippen molar-refractivity contribution < 1.29 is 43.1 Å². The van der Waals surface area contributed by atoms with Crippen LogP contribution in [0.5, 0.6) is 0 Å². The van der Waals surface area contributed by atoms with Crippen molar-refractivity contribution in [3.63, 3.8) is 0 Å². The molecule has 3 unspecified atom stereocenters. The van der Waals surface area contributed by atoms with Gasteiger partial charge in [0.2, 0.25) is 0 Å². The summed E-state index contributed by atoms with van der Waals surface area (Å²) < 4.78 is 32.6. The van der Waals surface area contributed by atoms with Crippen molar-refractivity contribution >= 4 is 11.9 Å². The van der Waals surface area contributed by atoms with E-state index in [4.69, 9.17) is 28.4 Å². The van der Waals surface area contributed by atoms with E-state index in [9.17, 15) is 14.7 Å². The number of carbonyl (C=O) groups excluding carboxylic acids is 1. The van der Waals surface area contributed by atoms with Crippen molar-refractivity contribution in [2.45, 2.75) is 97.5 Å². The molecule has 0 spiro atoms. The zero-order valence-corrected chi connectivity index (χ0v) is 27.9. The average Bonchev–Trinajstić information content (AvgIpc) is 3.35. The van der Waals surface area contributed by atoms with Gasteiger partial charge in [0.05, 0.1) is 52.9 Å². The lowest BCUT2D eigenvalue weighted by atomic mass is 9.44. The number of carbonyl (C=O) groups is 2. The van der Waals surface area contributed by atoms with Gasteiger partial charge in [0.25, 0.3) is 0 Å². The first-order valence-corrected chi connectivity index (χ1v) is 17.4. The van der Waals surface area contributed by atoms with E-state index in [1.165, 1.54) is 38.5 Å². The van der Waals surface area contributed by atoms with Gasteiger partial charge in [-0.25, -0.2) is 4.79 Å². The highest BCUT2D eigenvalue weighted by atomic mass is 16.6. The summed E-state index contributed by atoms with van der Waals surface area (Å²) in [6, 6.07) is 0. The molecule has 0 amide bonds. The van der Waals surface area contributed by atoms with Crippen LogP contribution < -0.4 is 0 Å². The molecule has 4 aliphatic rings. The zero-order valence-electron chi connectivity index (χ0n) is 27.9. The Kier molecular flexibility index (Phi) is 13.8. The SMILES string of the molecule is COCCOCCOCCOCCOCC(=O)O[C@H]1CC[C@]2(C)C3CC[C@@]4(C)C(CCC4[C@H](C)CCC(=O)O)[C@@H]3CC[C@@H]2C1. The first-order chi connectivity index (χ1) is 21.2. The van der Waals surface area contributed by atoms with Crippen LogP contribution in [0.25, 0.3) is 0 Å². The smallest absolute Gasteiger partial charge is 0.332 e. The van der Waals surface area contributed by atoms with Crippen molar-refractivity contribution in [3.8, 4) is 0 Å². The number of methoxy groups -OCH3 is 1. The van der Waals surface area contributed by atoms with Gasteiger partial charge in [0.1, 0.15) is 12.7 Å². The van der Waals surface area contributed by atoms with Crippen molar-refractivity contribution in [3.05, 3.63) is 0 Å². The number of esters is 1. The number of ether oxygens (including phenoxy) is 6. The molecule has 44 heavy (non-hydrogen) atoms. The Bertz CT molecular complexity index is 897. The first-order valence-electron chi connectivity index (χ1n) is 17.4. The second-order valence-corrected chi connectivity index (χ2v) is 14.6. The summed E-state index contributed by atoms with van der Waals surface area (Å²) in [4.78, 5) is 23.8. The van der Waals surface area contributed by atoms with Crippen LogP contribution in [0.2, 0.25) is 0 Å². The van der Waals surface area contributed by atoms with Crippen molar-refractivity contribution in [1.82, 2.24) is 0 Å². The lowest BCUT2D eigenvalue weighted by molar-refractivity contribution is -0.167. The maximum atomic E-state index is 12.6. The maximum Gasteiger partial charge on any atom is 0.332 e. The summed E-state index contributed by atoms with van der Waals surface area (Å²) in [6.07, 6.45) is 11.8. The number of hydrogen-bond donors (Lipinski definition) is 1. The molecule has 0 radical (unpaired) electrons. The highest BCUT2D eigenvalue weighted by Crippen LogP contribution is 2.68. The minimum absolute atomic E-state index is 0.00703. The quantitative estimate of drug-likeness (QED) is 0.141. The molecule has 9 atom stereocenters. The van der Waals surface area contributed by atoms with Crippen LogP contribution in [0.15, 0.2) is 0 Å². The van der Waals surface area contributed by atoms with E-state index in [0.717, 1.165) is 43.4 Å². The third-order valence-electron chi connectivity index (χ3n) is 12.3. The van der Waals surface area contributed by atoms with Gasteiger partial charge >= 0.3 is 11.9 Å². The van der Waals surface area contributed by atoms with Crippen molar-refractivity contribution in [2.75, 3.05) is 66.6 Å². The van der Waals surface area contributed by atoms with E-state index in [2.05, 4.69) is 20.8 Å². The second kappa shape index (κ2) is 17.1. The largest absolute Gasteiger partial charge is 0.481 e. The van der Waals surface area contributed by atoms with Crippen molar-refractivity contribution in [2.24, 2.45) is 46.3 Å². The molecular formula is C35H60O9. The molecule has 0 aliphatic heterocycles. The van der Waals surface area contributed by atoms with Crippen LogP contribution in [-0.4, -0.2) is 89.7 Å². The molecule has 0 aromatic heterocycles. The minimum Gasteiger partial charge on any atom is -0.481 e. The summed E-state index contributed by atoms with van der Waals surface area (Å²) in [5, 5.41) is 9.23. The van der Waals surface area contributed by atoms with Crippen LogP contribution in [0.4, 0.5) is 0 Å². The summed E-state index contributed by atoms with van der Waals surface area (Å²) >= 11 is 0. The van der Waals surface area contributed by atoms with Gasteiger partial charge in [-0.15, -0.1) is 0 Å². The Hall–Kier alpha value is -1.26. The topological polar surface area (TPSA) is 110 Å². The van der Waals surface area contributed by atoms with Gasteiger partial charge in [-0.2, -0.15) is 0 Å². The van der Waals surface area contributed by atoms with Crippen LogP contribution >= 0.6 is 0 Å². The first kappa shape index (κ1) is 35.6. The highest BCUT2D eigenvalue weighted by molar-refractivity contribution is 5.70. The minimum atomic E-state index is -0.667. The predicted octanol–water partition coefficient (Wildman–Crippen LogP) is 5.77. The predicted molar refractivity (Wildman–Crippen MR) is 166 cm³/mol.